The maximum absolute atomic E-state index is 4.90. The molecule has 614 valence electrons. The van der Waals surface area contributed by atoms with Gasteiger partial charge in [0, 0.05) is 92.2 Å². The zero-order chi connectivity index (χ0) is 83.3. The Kier molecular flexibility index (Phi) is 28.0. The van der Waals surface area contributed by atoms with E-state index in [2.05, 4.69) is 359 Å². The van der Waals surface area contributed by atoms with Crippen molar-refractivity contribution >= 4 is 10.8 Å². The summed E-state index contributed by atoms with van der Waals surface area (Å²) in [6, 6.07) is 110. The van der Waals surface area contributed by atoms with Crippen LogP contribution in [0.4, 0.5) is 0 Å². The van der Waals surface area contributed by atoms with Crippen molar-refractivity contribution in [3.8, 4) is 135 Å². The van der Waals surface area contributed by atoms with Gasteiger partial charge in [-0.3, -0.25) is 0 Å². The van der Waals surface area contributed by atoms with Gasteiger partial charge in [0.05, 0.1) is 0 Å². The first-order chi connectivity index (χ1) is 56.2. The Bertz CT molecular complexity index is 5660. The number of hydrogen-bond donors (Lipinski definition) is 0. The van der Waals surface area contributed by atoms with Crippen LogP contribution >= 0.6 is 0 Å². The minimum atomic E-state index is 0. The summed E-state index contributed by atoms with van der Waals surface area (Å²) in [5.74, 6) is 3.77. The average Bonchev–Trinajstić information content (AvgIpc) is 0.778. The molecule has 0 aliphatic heterocycles. The van der Waals surface area contributed by atoms with Gasteiger partial charge in [-0.15, -0.1) is 107 Å². The number of benzene rings is 11. The van der Waals surface area contributed by atoms with Gasteiger partial charge in [-0.25, -0.2) is 29.9 Å². The molecule has 0 N–H and O–H groups in total. The summed E-state index contributed by atoms with van der Waals surface area (Å²) in [4.78, 5) is 43.4. The number of hydrogen-bond acceptors (Lipinski definition) is 9. The first kappa shape index (κ1) is 90.2. The monoisotopic (exact) mass is 1940 g/mol. The van der Waals surface area contributed by atoms with Crippen molar-refractivity contribution in [2.24, 2.45) is 0 Å². The molecule has 9 nitrogen and oxygen atoms in total. The first-order valence-electron chi connectivity index (χ1n) is 40.8. The van der Waals surface area contributed by atoms with E-state index in [9.17, 15) is 0 Å². The second-order valence-electron chi connectivity index (χ2n) is 36.7. The number of nitrogens with zero attached hydrogens (tertiary/aromatic N) is 9. The van der Waals surface area contributed by atoms with E-state index in [1.807, 2.05) is 97.5 Å². The predicted octanol–water partition coefficient (Wildman–Crippen LogP) is 28.6. The fourth-order valence-corrected chi connectivity index (χ4v) is 14.0. The smallest absolute Gasteiger partial charge is 0.165 e. The average molecular weight is 1940 g/mol. The molecular weight excluding hydrogens is 1830 g/mol. The summed E-state index contributed by atoms with van der Waals surface area (Å²) in [7, 11) is 0. The molecule has 16 aromatic rings. The molecule has 5 heterocycles. The summed E-state index contributed by atoms with van der Waals surface area (Å²) in [6.07, 6.45) is 5.54. The topological polar surface area (TPSA) is 116 Å². The van der Waals surface area contributed by atoms with E-state index in [1.165, 1.54) is 66.6 Å². The maximum Gasteiger partial charge on any atom is 0.165 e. The van der Waals surface area contributed by atoms with Crippen LogP contribution in [0.1, 0.15) is 165 Å². The largest absolute Gasteiger partial charge is 0.304 e. The van der Waals surface area contributed by atoms with Crippen LogP contribution in [0.3, 0.4) is 0 Å². The standard InChI is InChI=1S/C41H38N.2C34H33N4.CH4.2Ir/c1-40(2,3)36-18-14-28(15-19-36)33-25-34(29-16-20-37(21-17-29)41(4,5)6)27-35(26-33)31-11-9-12-32(24-31)39-38-13-8-7-10-30(38)22-23-42-39;2*1-33(2,3)27-17-12-24(13-18-27)30-36-31(25-14-19-28(20-15-25)34(4,5)6)38-32(37-30)26-16-21-29(35-22-26)23-10-8-7-9-11-23;;;/h7-11,13-27H,1-6H3;2*7-10,12-22H,1-6H3;1H4;;/q3*-1;;;. The van der Waals surface area contributed by atoms with Crippen molar-refractivity contribution < 1.29 is 40.2 Å². The van der Waals surface area contributed by atoms with E-state index in [1.54, 1.807) is 0 Å². The van der Waals surface area contributed by atoms with Crippen LogP contribution in [0, 0.1) is 18.2 Å². The van der Waals surface area contributed by atoms with E-state index in [4.69, 9.17) is 34.9 Å². The summed E-state index contributed by atoms with van der Waals surface area (Å²) in [5.41, 5.74) is 26.6. The van der Waals surface area contributed by atoms with Gasteiger partial charge in [0.25, 0.3) is 0 Å². The van der Waals surface area contributed by atoms with Gasteiger partial charge in [-0.1, -0.05) is 326 Å². The Morgan fingerprint density at radius 1 is 0.223 bits per heavy atom. The van der Waals surface area contributed by atoms with Crippen LogP contribution < -0.4 is 0 Å². The molecule has 0 saturated heterocycles. The minimum absolute atomic E-state index is 0. The second-order valence-corrected chi connectivity index (χ2v) is 36.7. The predicted molar refractivity (Wildman–Crippen MR) is 498 cm³/mol. The van der Waals surface area contributed by atoms with Crippen molar-refractivity contribution in [2.75, 3.05) is 0 Å². The Morgan fingerprint density at radius 3 is 0.802 bits per heavy atom. The molecule has 11 heteroatoms. The van der Waals surface area contributed by atoms with E-state index in [0.29, 0.717) is 34.9 Å². The summed E-state index contributed by atoms with van der Waals surface area (Å²) in [5, 5.41) is 2.32. The van der Waals surface area contributed by atoms with Gasteiger partial charge in [0.15, 0.2) is 34.9 Å². The number of fused-ring (bicyclic) bond motifs is 1. The third-order valence-electron chi connectivity index (χ3n) is 21.5. The van der Waals surface area contributed by atoms with Gasteiger partial charge in [0.2, 0.25) is 0 Å². The van der Waals surface area contributed by atoms with Crippen molar-refractivity contribution in [1.82, 2.24) is 44.9 Å². The zero-order valence-corrected chi connectivity index (χ0v) is 76.8. The molecule has 0 fully saturated rings. The van der Waals surface area contributed by atoms with Crippen LogP contribution in [-0.4, -0.2) is 44.9 Å². The van der Waals surface area contributed by atoms with E-state index in [-0.39, 0.29) is 80.1 Å². The molecular formula is C110H108Ir2N9-3. The Hall–Kier alpha value is -11.6. The van der Waals surface area contributed by atoms with Crippen LogP contribution in [0.25, 0.3) is 146 Å². The molecule has 121 heavy (non-hydrogen) atoms. The summed E-state index contributed by atoms with van der Waals surface area (Å²) in [6.45, 7) is 40.1. The number of rotatable bonds is 12. The van der Waals surface area contributed by atoms with Gasteiger partial charge in [0.1, 0.15) is 0 Å². The van der Waals surface area contributed by atoms with Gasteiger partial charge >= 0.3 is 0 Å². The second kappa shape index (κ2) is 37.6. The van der Waals surface area contributed by atoms with Crippen molar-refractivity contribution in [1.29, 1.82) is 0 Å². The molecule has 5 aromatic heterocycles. The fourth-order valence-electron chi connectivity index (χ4n) is 14.0. The zero-order valence-electron chi connectivity index (χ0n) is 72.1. The molecule has 0 spiro atoms. The molecule has 2 radical (unpaired) electrons. The van der Waals surface area contributed by atoms with E-state index < -0.39 is 0 Å². The minimum Gasteiger partial charge on any atom is -0.304 e. The van der Waals surface area contributed by atoms with E-state index >= 15 is 0 Å². The maximum atomic E-state index is 4.90. The Balaban J connectivity index is 0.000000175. The molecule has 0 bridgehead atoms. The fraction of sp³-hybridized carbons (Fsp3) is 0.227. The third kappa shape index (κ3) is 22.2. The molecule has 0 unspecified atom stereocenters. The summed E-state index contributed by atoms with van der Waals surface area (Å²) >= 11 is 0. The van der Waals surface area contributed by atoms with Crippen molar-refractivity contribution in [2.45, 2.75) is 165 Å². The summed E-state index contributed by atoms with van der Waals surface area (Å²) < 4.78 is 0. The Morgan fingerprint density at radius 2 is 0.504 bits per heavy atom. The molecule has 0 atom stereocenters. The normalized spacial score (nSPS) is 11.7. The first-order valence-corrected chi connectivity index (χ1v) is 40.8. The number of aromatic nitrogens is 9. The molecule has 0 aliphatic carbocycles. The van der Waals surface area contributed by atoms with E-state index in [0.717, 1.165) is 78.1 Å². The quantitative estimate of drug-likeness (QED) is 0.110. The van der Waals surface area contributed by atoms with Gasteiger partial charge in [-0.05, 0) is 146 Å². The van der Waals surface area contributed by atoms with Gasteiger partial charge in [-0.2, -0.15) is 0 Å². The van der Waals surface area contributed by atoms with Crippen molar-refractivity contribution in [3.05, 3.63) is 355 Å². The third-order valence-corrected chi connectivity index (χ3v) is 21.5. The number of pyridine rings is 3. The van der Waals surface area contributed by atoms with Gasteiger partial charge < -0.3 is 15.0 Å². The molecule has 0 amide bonds. The molecule has 11 aromatic carbocycles. The van der Waals surface area contributed by atoms with Crippen LogP contribution in [0.2, 0.25) is 0 Å². The molecule has 0 saturated carbocycles. The SMILES string of the molecule is C.CC(C)(C)c1ccc(-c2cc(-c3ccc(C(C)(C)C)cc3)cc(-c3cc[c-]c(-c4nccc5ccccc45)c3)c2)cc1.CC(C)(C)c1ccc(-c2nc(-c3ccc(C(C)(C)C)cc3)nc(-c3ccc(-c4[c-]cccc4)nc3)n2)cc1.CC(C)(C)c1ccc(-c2nc(-c3ccc(C(C)(C)C)cc3)nc(-c3ccc(-c4[c-]cccc4)nc3)n2)cc1.[Ir].[Ir]. The van der Waals surface area contributed by atoms with Crippen molar-refractivity contribution in [3.63, 3.8) is 0 Å². The molecule has 16 rings (SSSR count). The molecule has 0 aliphatic rings. The Labute approximate surface area is 745 Å². The van der Waals surface area contributed by atoms with Crippen LogP contribution in [0.5, 0.6) is 0 Å². The van der Waals surface area contributed by atoms with Crippen LogP contribution in [-0.2, 0) is 72.7 Å². The van der Waals surface area contributed by atoms with Crippen LogP contribution in [0.15, 0.2) is 304 Å².